The Balaban J connectivity index is 1.48. The van der Waals surface area contributed by atoms with E-state index in [1.54, 1.807) is 17.5 Å². The number of rotatable bonds is 6. The number of nitro benzene ring substituents is 1. The van der Waals surface area contributed by atoms with Gasteiger partial charge in [-0.15, -0.1) is 22.7 Å². The van der Waals surface area contributed by atoms with Gasteiger partial charge in [0.1, 0.15) is 10.3 Å². The highest BCUT2D eigenvalue weighted by Crippen LogP contribution is 2.33. The molecule has 1 aliphatic rings. The molecule has 0 radical (unpaired) electrons. The highest BCUT2D eigenvalue weighted by Gasteiger charge is 2.40. The van der Waals surface area contributed by atoms with E-state index in [1.807, 2.05) is 0 Å². The Morgan fingerprint density at radius 3 is 2.65 bits per heavy atom. The third-order valence-electron chi connectivity index (χ3n) is 4.73. The standard InChI is InChI=1S/C18H15ClN4O5S3/c19-15-7-8-16(30-15)31(27,28)22-9-1-2-14(22)17(24)21-18-20-13(10-29-18)11-3-5-12(6-4-11)23(25)26/h3-8,10,14H,1-2,9H2,(H,20,21,24). The van der Waals surface area contributed by atoms with Crippen molar-refractivity contribution < 1.29 is 18.1 Å². The van der Waals surface area contributed by atoms with E-state index in [0.717, 1.165) is 11.3 Å². The lowest BCUT2D eigenvalue weighted by Crippen LogP contribution is -2.42. The van der Waals surface area contributed by atoms with E-state index < -0.39 is 26.9 Å². The van der Waals surface area contributed by atoms with Crippen LogP contribution in [-0.2, 0) is 14.8 Å². The predicted molar refractivity (Wildman–Crippen MR) is 119 cm³/mol. The van der Waals surface area contributed by atoms with E-state index in [2.05, 4.69) is 10.3 Å². The summed E-state index contributed by atoms with van der Waals surface area (Å²) in [6.45, 7) is 0.252. The van der Waals surface area contributed by atoms with Gasteiger partial charge >= 0.3 is 0 Å². The second kappa shape index (κ2) is 8.63. The van der Waals surface area contributed by atoms with Crippen molar-refractivity contribution in [1.82, 2.24) is 9.29 Å². The maximum absolute atomic E-state index is 12.9. The third-order valence-corrected chi connectivity index (χ3v) is 9.09. The number of carbonyl (C=O) groups excluding carboxylic acids is 1. The monoisotopic (exact) mass is 498 g/mol. The fourth-order valence-electron chi connectivity index (χ4n) is 3.25. The van der Waals surface area contributed by atoms with Crippen LogP contribution in [0, 0.1) is 10.1 Å². The zero-order valence-corrected chi connectivity index (χ0v) is 18.9. The highest BCUT2D eigenvalue weighted by molar-refractivity contribution is 7.91. The Morgan fingerprint density at radius 1 is 1.26 bits per heavy atom. The number of thiazole rings is 1. The summed E-state index contributed by atoms with van der Waals surface area (Å²) in [5.41, 5.74) is 1.20. The zero-order valence-electron chi connectivity index (χ0n) is 15.7. The molecule has 1 aliphatic heterocycles. The number of anilines is 1. The quantitative estimate of drug-likeness (QED) is 0.401. The molecular formula is C18H15ClN4O5S3. The summed E-state index contributed by atoms with van der Waals surface area (Å²) in [6.07, 6.45) is 0.979. The summed E-state index contributed by atoms with van der Waals surface area (Å²) in [5, 5.41) is 15.5. The number of nitrogens with zero attached hydrogens (tertiary/aromatic N) is 3. The Kier molecular flexibility index (Phi) is 6.08. The van der Waals surface area contributed by atoms with Crippen molar-refractivity contribution in [2.24, 2.45) is 0 Å². The number of amides is 1. The van der Waals surface area contributed by atoms with Gasteiger partial charge in [0.05, 0.1) is 15.0 Å². The number of carbonyl (C=O) groups is 1. The van der Waals surface area contributed by atoms with Crippen molar-refractivity contribution in [2.45, 2.75) is 23.1 Å². The van der Waals surface area contributed by atoms with Gasteiger partial charge in [0.25, 0.3) is 15.7 Å². The minimum Gasteiger partial charge on any atom is -0.301 e. The predicted octanol–water partition coefficient (Wildman–Crippen LogP) is 4.23. The topological polar surface area (TPSA) is 123 Å². The Labute approximate surface area is 190 Å². The minimum absolute atomic E-state index is 0.0259. The molecule has 162 valence electrons. The smallest absolute Gasteiger partial charge is 0.269 e. The van der Waals surface area contributed by atoms with Gasteiger partial charge in [0, 0.05) is 29.6 Å². The molecule has 1 unspecified atom stereocenters. The first-order valence-electron chi connectivity index (χ1n) is 9.04. The second-order valence-electron chi connectivity index (χ2n) is 6.66. The molecule has 9 nitrogen and oxygen atoms in total. The number of nitrogens with one attached hydrogen (secondary N) is 1. The van der Waals surface area contributed by atoms with Crippen LogP contribution in [0.3, 0.4) is 0 Å². The van der Waals surface area contributed by atoms with Crippen LogP contribution in [0.5, 0.6) is 0 Å². The van der Waals surface area contributed by atoms with Crippen LogP contribution in [0.25, 0.3) is 11.3 Å². The Hall–Kier alpha value is -2.38. The molecule has 1 fully saturated rings. The molecule has 31 heavy (non-hydrogen) atoms. The molecule has 1 aromatic carbocycles. The van der Waals surface area contributed by atoms with Gasteiger partial charge in [-0.1, -0.05) is 11.6 Å². The maximum Gasteiger partial charge on any atom is 0.269 e. The van der Waals surface area contributed by atoms with Crippen LogP contribution >= 0.6 is 34.3 Å². The number of nitro groups is 1. The fraction of sp³-hybridized carbons (Fsp3) is 0.222. The molecular weight excluding hydrogens is 484 g/mol. The molecule has 4 rings (SSSR count). The van der Waals surface area contributed by atoms with Gasteiger partial charge in [0.15, 0.2) is 5.13 Å². The van der Waals surface area contributed by atoms with Crippen molar-refractivity contribution in [3.63, 3.8) is 0 Å². The molecule has 2 aromatic heterocycles. The fourth-order valence-corrected chi connectivity index (χ4v) is 7.24. The Bertz CT molecular complexity index is 1240. The van der Waals surface area contributed by atoms with E-state index in [9.17, 15) is 23.3 Å². The van der Waals surface area contributed by atoms with E-state index in [-0.39, 0.29) is 16.4 Å². The average molecular weight is 499 g/mol. The van der Waals surface area contributed by atoms with Gasteiger partial charge in [0.2, 0.25) is 5.91 Å². The number of benzene rings is 1. The number of thiophene rings is 1. The molecule has 0 bridgehead atoms. The first kappa shape index (κ1) is 21.8. The first-order chi connectivity index (χ1) is 14.8. The van der Waals surface area contributed by atoms with E-state index in [4.69, 9.17) is 11.6 Å². The molecule has 13 heteroatoms. The number of hydrogen-bond acceptors (Lipinski definition) is 8. The number of sulfonamides is 1. The summed E-state index contributed by atoms with van der Waals surface area (Å²) in [7, 11) is -3.82. The van der Waals surface area contributed by atoms with Crippen LogP contribution < -0.4 is 5.32 Å². The van der Waals surface area contributed by atoms with Gasteiger partial charge in [-0.3, -0.25) is 14.9 Å². The molecule has 0 spiro atoms. The lowest BCUT2D eigenvalue weighted by Gasteiger charge is -2.22. The van der Waals surface area contributed by atoms with Gasteiger partial charge < -0.3 is 5.32 Å². The van der Waals surface area contributed by atoms with Crippen LogP contribution in [0.2, 0.25) is 4.34 Å². The van der Waals surface area contributed by atoms with Crippen molar-refractivity contribution in [3.05, 3.63) is 56.2 Å². The van der Waals surface area contributed by atoms with E-state index >= 15 is 0 Å². The highest BCUT2D eigenvalue weighted by atomic mass is 35.5. The van der Waals surface area contributed by atoms with Gasteiger partial charge in [-0.25, -0.2) is 13.4 Å². The third kappa shape index (κ3) is 4.48. The molecule has 0 aliphatic carbocycles. The first-order valence-corrected chi connectivity index (χ1v) is 12.6. The van der Waals surface area contributed by atoms with Crippen molar-refractivity contribution in [2.75, 3.05) is 11.9 Å². The number of halogens is 1. The van der Waals surface area contributed by atoms with Gasteiger partial charge in [-0.2, -0.15) is 4.31 Å². The summed E-state index contributed by atoms with van der Waals surface area (Å²) in [6, 6.07) is 8.03. The number of non-ortho nitro benzene ring substituents is 1. The van der Waals surface area contributed by atoms with Crippen molar-refractivity contribution >= 4 is 61.0 Å². The summed E-state index contributed by atoms with van der Waals surface area (Å²) in [4.78, 5) is 27.5. The largest absolute Gasteiger partial charge is 0.301 e. The summed E-state index contributed by atoms with van der Waals surface area (Å²) < 4.78 is 27.5. The van der Waals surface area contributed by atoms with E-state index in [1.165, 1.54) is 39.9 Å². The molecule has 1 saturated heterocycles. The molecule has 3 aromatic rings. The van der Waals surface area contributed by atoms with E-state index in [0.29, 0.717) is 33.6 Å². The van der Waals surface area contributed by atoms with Crippen LogP contribution in [0.4, 0.5) is 10.8 Å². The normalized spacial score (nSPS) is 17.0. The SMILES string of the molecule is O=C(Nc1nc(-c2ccc([N+](=O)[O-])cc2)cs1)C1CCCN1S(=O)(=O)c1ccc(Cl)s1. The summed E-state index contributed by atoms with van der Waals surface area (Å²) >= 11 is 8.02. The van der Waals surface area contributed by atoms with Crippen LogP contribution in [0.15, 0.2) is 46.0 Å². The lowest BCUT2D eigenvalue weighted by atomic mass is 10.1. The maximum atomic E-state index is 12.9. The molecule has 0 saturated carbocycles. The zero-order chi connectivity index (χ0) is 22.2. The summed E-state index contributed by atoms with van der Waals surface area (Å²) in [5.74, 6) is -0.451. The molecule has 1 atom stereocenters. The lowest BCUT2D eigenvalue weighted by molar-refractivity contribution is -0.384. The number of hydrogen-bond donors (Lipinski definition) is 1. The molecule has 1 amide bonds. The van der Waals surface area contributed by atoms with Crippen molar-refractivity contribution in [3.8, 4) is 11.3 Å². The van der Waals surface area contributed by atoms with Crippen molar-refractivity contribution in [1.29, 1.82) is 0 Å². The Morgan fingerprint density at radius 2 is 2.00 bits per heavy atom. The second-order valence-corrected chi connectivity index (χ2v) is 11.4. The van der Waals surface area contributed by atoms with Gasteiger partial charge in [-0.05, 0) is 37.1 Å². The van der Waals surface area contributed by atoms with Crippen LogP contribution in [0.1, 0.15) is 12.8 Å². The minimum atomic E-state index is -3.82. The molecule has 1 N–H and O–H groups in total. The number of aromatic nitrogens is 1. The van der Waals surface area contributed by atoms with Crippen LogP contribution in [-0.4, -0.2) is 41.1 Å². The molecule has 3 heterocycles. The average Bonchev–Trinajstić information content (AvgIpc) is 3.48.